The Morgan fingerprint density at radius 1 is 1.04 bits per heavy atom. The van der Waals surface area contributed by atoms with Gasteiger partial charge in [-0.1, -0.05) is 69.3 Å². The maximum Gasteiger partial charge on any atom is 0.157 e. The predicted octanol–water partition coefficient (Wildman–Crippen LogP) is 5.60. The quantitative estimate of drug-likeness (QED) is 0.347. The van der Waals surface area contributed by atoms with Crippen LogP contribution in [0.15, 0.2) is 48.5 Å². The molecule has 0 spiro atoms. The first-order valence-corrected chi connectivity index (χ1v) is 10.9. The van der Waals surface area contributed by atoms with E-state index in [1.54, 1.807) is 27.8 Å². The third-order valence-electron chi connectivity index (χ3n) is 3.52. The molecule has 1 N–H and O–H groups in total. The molecule has 1 heterocycles. The van der Waals surface area contributed by atoms with Gasteiger partial charge in [-0.15, -0.1) is 0 Å². The first-order chi connectivity index (χ1) is 11.6. The first-order valence-electron chi connectivity index (χ1n) is 7.03. The van der Waals surface area contributed by atoms with Gasteiger partial charge in [0.1, 0.15) is 9.57 Å². The van der Waals surface area contributed by atoms with Gasteiger partial charge in [0.15, 0.2) is 11.1 Å². The van der Waals surface area contributed by atoms with Crippen LogP contribution in [0.1, 0.15) is 5.56 Å². The van der Waals surface area contributed by atoms with Crippen molar-refractivity contribution in [2.45, 2.75) is 5.75 Å². The maximum absolute atomic E-state index is 10.9. The Labute approximate surface area is 155 Å². The van der Waals surface area contributed by atoms with Gasteiger partial charge in [0.25, 0.3) is 0 Å². The number of hydrogen-bond acceptors (Lipinski definition) is 5. The molecular weight excluding hydrogens is 380 g/mol. The lowest BCUT2D eigenvalue weighted by atomic mass is 10.0. The molecule has 24 heavy (non-hydrogen) atoms. The molecule has 0 aliphatic carbocycles. The molecule has 1 unspecified atom stereocenters. The van der Waals surface area contributed by atoms with E-state index in [1.807, 2.05) is 48.5 Å². The van der Waals surface area contributed by atoms with E-state index >= 15 is 0 Å². The molecule has 7 heteroatoms. The number of ether oxygens (including phenoxy) is 1. The summed E-state index contributed by atoms with van der Waals surface area (Å²) in [7, 11) is 4.88. The molecule has 124 valence electrons. The minimum atomic E-state index is -1.82. The van der Waals surface area contributed by atoms with Crippen LogP contribution in [0.4, 0.5) is 0 Å². The minimum absolute atomic E-state index is 0.144. The lowest BCUT2D eigenvalue weighted by Gasteiger charge is -2.06. The van der Waals surface area contributed by atoms with E-state index in [1.165, 1.54) is 0 Å². The van der Waals surface area contributed by atoms with Crippen molar-refractivity contribution in [3.8, 4) is 27.3 Å². The zero-order valence-corrected chi connectivity index (χ0v) is 16.0. The van der Waals surface area contributed by atoms with E-state index in [4.69, 9.17) is 21.5 Å². The largest absolute Gasteiger partial charge is 0.497 e. The van der Waals surface area contributed by atoms with Crippen molar-refractivity contribution in [2.24, 2.45) is 0 Å². The van der Waals surface area contributed by atoms with Crippen molar-refractivity contribution in [2.75, 3.05) is 7.11 Å². The predicted molar refractivity (Wildman–Crippen MR) is 105 cm³/mol. The zero-order chi connectivity index (χ0) is 17.1. The Kier molecular flexibility index (Phi) is 5.57. The second-order valence-electron chi connectivity index (χ2n) is 5.05. The van der Waals surface area contributed by atoms with E-state index in [2.05, 4.69) is 0 Å². The molecule has 3 nitrogen and oxygen atoms in total. The van der Waals surface area contributed by atoms with E-state index in [0.717, 1.165) is 36.7 Å². The number of rotatable bonds is 5. The summed E-state index contributed by atoms with van der Waals surface area (Å²) in [4.78, 5) is 1.12. The van der Waals surface area contributed by atoms with E-state index < -0.39 is 11.1 Å². The van der Waals surface area contributed by atoms with E-state index in [9.17, 15) is 4.21 Å². The summed E-state index contributed by atoms with van der Waals surface area (Å²) in [6, 6.07) is 15.6. The van der Waals surface area contributed by atoms with Gasteiger partial charge < -0.3 is 9.29 Å². The lowest BCUT2D eigenvalue weighted by molar-refractivity contribution is 0.415. The van der Waals surface area contributed by atoms with Gasteiger partial charge in [0, 0.05) is 5.56 Å². The topological polar surface area (TPSA) is 46.5 Å². The third-order valence-corrected chi connectivity index (χ3v) is 7.16. The van der Waals surface area contributed by atoms with Crippen LogP contribution in [0.25, 0.3) is 21.6 Å². The van der Waals surface area contributed by atoms with Crippen molar-refractivity contribution in [1.82, 2.24) is 0 Å². The van der Waals surface area contributed by atoms with E-state index in [0.29, 0.717) is 0 Å². The van der Waals surface area contributed by atoms with Crippen molar-refractivity contribution in [3.63, 3.8) is 0 Å². The SMILES string of the molecule is COc1ccc(-c2c(-c3ccc(CS(=O)O)cc3)ssc2=S)cc1. The van der Waals surface area contributed by atoms with Gasteiger partial charge in [0.05, 0.1) is 17.7 Å². The van der Waals surface area contributed by atoms with Crippen molar-refractivity contribution in [3.05, 3.63) is 57.9 Å². The summed E-state index contributed by atoms with van der Waals surface area (Å²) in [5.74, 6) is 0.955. The third kappa shape index (κ3) is 3.81. The Morgan fingerprint density at radius 3 is 2.25 bits per heavy atom. The number of hydrogen-bond donors (Lipinski definition) is 1. The van der Waals surface area contributed by atoms with Crippen molar-refractivity contribution < 1.29 is 13.5 Å². The smallest absolute Gasteiger partial charge is 0.157 e. The molecule has 0 saturated heterocycles. The molecule has 3 rings (SSSR count). The second kappa shape index (κ2) is 7.67. The molecule has 0 saturated carbocycles. The standard InChI is InChI=1S/C17H14O3S4/c1-20-14-8-6-12(7-9-14)15-16(22-23-17(15)21)13-4-2-11(3-5-13)10-24(18)19/h2-9H,10H2,1H3,(H,18,19). The molecule has 1 aromatic heterocycles. The van der Waals surface area contributed by atoms with Crippen LogP contribution in [0.3, 0.4) is 0 Å². The molecule has 0 radical (unpaired) electrons. The van der Waals surface area contributed by atoms with Crippen LogP contribution in [-0.2, 0) is 16.8 Å². The molecule has 0 fully saturated rings. The second-order valence-corrected chi connectivity index (χ2v) is 8.80. The first kappa shape index (κ1) is 17.4. The summed E-state index contributed by atoms with van der Waals surface area (Å²) >= 11 is 3.70. The number of benzene rings is 2. The maximum atomic E-state index is 10.9. The van der Waals surface area contributed by atoms with Crippen LogP contribution in [-0.4, -0.2) is 15.9 Å². The molecule has 3 aromatic rings. The summed E-state index contributed by atoms with van der Waals surface area (Å²) in [5.41, 5.74) is 4.02. The highest BCUT2D eigenvalue weighted by Gasteiger charge is 2.13. The van der Waals surface area contributed by atoms with Crippen LogP contribution in [0, 0.1) is 3.82 Å². The number of methoxy groups -OCH3 is 1. The van der Waals surface area contributed by atoms with Crippen LogP contribution < -0.4 is 4.74 Å². The summed E-state index contributed by atoms with van der Waals surface area (Å²) < 4.78 is 26.0. The molecular formula is C17H14O3S4. The molecule has 2 aromatic carbocycles. The molecule has 0 amide bonds. The highest BCUT2D eigenvalue weighted by molar-refractivity contribution is 7.80. The van der Waals surface area contributed by atoms with Crippen molar-refractivity contribution in [1.29, 1.82) is 0 Å². The Bertz CT molecular complexity index is 908. The average Bonchev–Trinajstić information content (AvgIpc) is 2.97. The summed E-state index contributed by atoms with van der Waals surface area (Å²) in [5, 5.41) is 0. The fraction of sp³-hybridized carbons (Fsp3) is 0.118. The summed E-state index contributed by atoms with van der Waals surface area (Å²) in [6.45, 7) is 0. The highest BCUT2D eigenvalue weighted by Crippen LogP contribution is 2.41. The molecule has 0 aliphatic heterocycles. The van der Waals surface area contributed by atoms with Crippen molar-refractivity contribution >= 4 is 44.0 Å². The van der Waals surface area contributed by atoms with Gasteiger partial charge in [-0.3, -0.25) is 0 Å². The Hall–Kier alpha value is -1.38. The lowest BCUT2D eigenvalue weighted by Crippen LogP contribution is -1.92. The van der Waals surface area contributed by atoms with Gasteiger partial charge in [0.2, 0.25) is 0 Å². The Morgan fingerprint density at radius 2 is 1.67 bits per heavy atom. The monoisotopic (exact) mass is 394 g/mol. The highest BCUT2D eigenvalue weighted by atomic mass is 32.9. The molecule has 1 atom stereocenters. The Balaban J connectivity index is 2.00. The molecule has 0 bridgehead atoms. The van der Waals surface area contributed by atoms with Gasteiger partial charge in [-0.05, 0) is 28.8 Å². The average molecular weight is 395 g/mol. The zero-order valence-electron chi connectivity index (χ0n) is 12.7. The van der Waals surface area contributed by atoms with Crippen LogP contribution in [0.5, 0.6) is 5.75 Å². The normalized spacial score (nSPS) is 12.1. The van der Waals surface area contributed by atoms with Gasteiger partial charge in [-0.2, -0.15) is 0 Å². The fourth-order valence-corrected chi connectivity index (χ4v) is 5.75. The minimum Gasteiger partial charge on any atom is -0.497 e. The van der Waals surface area contributed by atoms with Crippen LogP contribution >= 0.6 is 32.9 Å². The summed E-state index contributed by atoms with van der Waals surface area (Å²) in [6.07, 6.45) is 0. The van der Waals surface area contributed by atoms with E-state index in [-0.39, 0.29) is 5.75 Å². The fourth-order valence-electron chi connectivity index (χ4n) is 2.35. The van der Waals surface area contributed by atoms with Gasteiger partial charge in [-0.25, -0.2) is 4.21 Å². The van der Waals surface area contributed by atoms with Gasteiger partial charge >= 0.3 is 0 Å². The molecule has 0 aliphatic rings. The van der Waals surface area contributed by atoms with Crippen LogP contribution in [0.2, 0.25) is 0 Å².